The molecule has 0 aromatic carbocycles. The largest absolute Gasteiger partial charge is 0.396 e. The van der Waals surface area contributed by atoms with Crippen LogP contribution in [0, 0.1) is 0 Å². The summed E-state index contributed by atoms with van der Waals surface area (Å²) < 4.78 is 0. The lowest BCUT2D eigenvalue weighted by Crippen LogP contribution is -2.12. The van der Waals surface area contributed by atoms with Crippen LogP contribution in [0.15, 0.2) is 24.4 Å². The number of hydrogen-bond donors (Lipinski definition) is 2. The van der Waals surface area contributed by atoms with Gasteiger partial charge in [-0.2, -0.15) is 0 Å². The maximum absolute atomic E-state index is 12.1. The highest BCUT2D eigenvalue weighted by atomic mass is 32.1. The normalized spacial score (nSPS) is 13.3. The number of hydrogen-bond acceptors (Lipinski definition) is 4. The maximum atomic E-state index is 12.1. The third-order valence-corrected chi connectivity index (χ3v) is 4.28. The van der Waals surface area contributed by atoms with Crippen molar-refractivity contribution in [3.63, 3.8) is 0 Å². The van der Waals surface area contributed by atoms with E-state index in [1.165, 1.54) is 16.9 Å². The molecule has 18 heavy (non-hydrogen) atoms. The number of carbonyl (C=O) groups excluding carboxylic acids is 1. The van der Waals surface area contributed by atoms with E-state index in [-0.39, 0.29) is 5.91 Å². The molecule has 0 unspecified atom stereocenters. The highest BCUT2D eigenvalue weighted by Crippen LogP contribution is 2.31. The van der Waals surface area contributed by atoms with E-state index in [1.54, 1.807) is 29.7 Å². The van der Waals surface area contributed by atoms with Crippen LogP contribution in [0.3, 0.4) is 0 Å². The van der Waals surface area contributed by atoms with Gasteiger partial charge in [-0.15, -0.1) is 11.3 Å². The zero-order valence-electron chi connectivity index (χ0n) is 9.77. The van der Waals surface area contributed by atoms with Crippen molar-refractivity contribution >= 4 is 28.7 Å². The summed E-state index contributed by atoms with van der Waals surface area (Å²) in [5, 5.41) is 2.75. The van der Waals surface area contributed by atoms with E-state index in [0.29, 0.717) is 11.5 Å². The van der Waals surface area contributed by atoms with Crippen LogP contribution in [-0.4, -0.2) is 10.9 Å². The van der Waals surface area contributed by atoms with Crippen LogP contribution in [0.4, 0.5) is 11.5 Å². The lowest BCUT2D eigenvalue weighted by molar-refractivity contribution is 0.103. The van der Waals surface area contributed by atoms with Gasteiger partial charge >= 0.3 is 0 Å². The molecule has 1 aliphatic rings. The van der Waals surface area contributed by atoms with Crippen molar-refractivity contribution in [2.75, 3.05) is 11.1 Å². The average Bonchev–Trinajstić information content (AvgIpc) is 2.92. The number of nitrogens with one attached hydrogen (secondary N) is 1. The number of anilines is 2. The average molecular weight is 259 g/mol. The van der Waals surface area contributed by atoms with Gasteiger partial charge in [-0.3, -0.25) is 4.79 Å². The smallest absolute Gasteiger partial charge is 0.266 e. The predicted molar refractivity (Wildman–Crippen MR) is 72.9 cm³/mol. The second kappa shape index (κ2) is 4.42. The van der Waals surface area contributed by atoms with Gasteiger partial charge in [0, 0.05) is 11.1 Å². The van der Waals surface area contributed by atoms with E-state index in [2.05, 4.69) is 10.3 Å². The second-order valence-corrected chi connectivity index (χ2v) is 5.44. The van der Waals surface area contributed by atoms with Crippen LogP contribution in [0.25, 0.3) is 0 Å². The molecule has 1 amide bonds. The van der Waals surface area contributed by atoms with Gasteiger partial charge in [0.2, 0.25) is 0 Å². The van der Waals surface area contributed by atoms with Gasteiger partial charge in [-0.05, 0) is 43.0 Å². The molecule has 5 heteroatoms. The molecule has 0 bridgehead atoms. The predicted octanol–water partition coefficient (Wildman–Crippen LogP) is 2.47. The summed E-state index contributed by atoms with van der Waals surface area (Å²) >= 11 is 1.57. The molecule has 92 valence electrons. The minimum atomic E-state index is -0.125. The number of nitrogen functional groups attached to an aromatic ring is 1. The first-order valence-corrected chi connectivity index (χ1v) is 6.69. The Morgan fingerprint density at radius 2 is 2.33 bits per heavy atom. The molecule has 4 nitrogen and oxygen atoms in total. The van der Waals surface area contributed by atoms with Gasteiger partial charge in [-0.1, -0.05) is 0 Å². The number of fused-ring (bicyclic) bond motifs is 1. The number of aryl methyl sites for hydroxylation is 2. The number of nitrogens with zero attached hydrogens (tertiary/aromatic N) is 1. The number of thiophene rings is 1. The SMILES string of the molecule is Nc1cccnc1NC(=O)c1cc2c(s1)CCC2. The minimum absolute atomic E-state index is 0.125. The molecule has 0 radical (unpaired) electrons. The van der Waals surface area contributed by atoms with Crippen molar-refractivity contribution in [3.05, 3.63) is 39.7 Å². The number of aromatic nitrogens is 1. The number of carbonyl (C=O) groups is 1. The number of pyridine rings is 1. The van der Waals surface area contributed by atoms with Crippen molar-refractivity contribution in [2.45, 2.75) is 19.3 Å². The Labute approximate surface area is 109 Å². The lowest BCUT2D eigenvalue weighted by atomic mass is 10.2. The minimum Gasteiger partial charge on any atom is -0.396 e. The van der Waals surface area contributed by atoms with Gasteiger partial charge in [0.1, 0.15) is 0 Å². The fourth-order valence-electron chi connectivity index (χ4n) is 2.13. The molecule has 2 heterocycles. The highest BCUT2D eigenvalue weighted by molar-refractivity contribution is 7.14. The molecule has 0 saturated carbocycles. The van der Waals surface area contributed by atoms with Crippen molar-refractivity contribution in [1.82, 2.24) is 4.98 Å². The molecule has 0 fully saturated rings. The van der Waals surface area contributed by atoms with Crippen molar-refractivity contribution in [1.29, 1.82) is 0 Å². The molecule has 2 aromatic rings. The fraction of sp³-hybridized carbons (Fsp3) is 0.231. The molecule has 3 N–H and O–H groups in total. The van der Waals surface area contributed by atoms with Gasteiger partial charge in [0.15, 0.2) is 5.82 Å². The van der Waals surface area contributed by atoms with E-state index < -0.39 is 0 Å². The third kappa shape index (κ3) is 1.97. The number of rotatable bonds is 2. The van der Waals surface area contributed by atoms with Crippen molar-refractivity contribution in [2.24, 2.45) is 0 Å². The summed E-state index contributed by atoms with van der Waals surface area (Å²) in [5.41, 5.74) is 7.55. The van der Waals surface area contributed by atoms with Crippen LogP contribution in [0.1, 0.15) is 26.5 Å². The van der Waals surface area contributed by atoms with Gasteiger partial charge < -0.3 is 11.1 Å². The molecular weight excluding hydrogens is 246 g/mol. The van der Waals surface area contributed by atoms with Crippen molar-refractivity contribution in [3.8, 4) is 0 Å². The van der Waals surface area contributed by atoms with E-state index in [4.69, 9.17) is 5.73 Å². The van der Waals surface area contributed by atoms with E-state index in [9.17, 15) is 4.79 Å². The lowest BCUT2D eigenvalue weighted by Gasteiger charge is -2.04. The van der Waals surface area contributed by atoms with Crippen LogP contribution in [0.2, 0.25) is 0 Å². The van der Waals surface area contributed by atoms with Crippen molar-refractivity contribution < 1.29 is 4.79 Å². The second-order valence-electron chi connectivity index (χ2n) is 4.31. The van der Waals surface area contributed by atoms with Crippen LogP contribution in [0.5, 0.6) is 0 Å². The Hall–Kier alpha value is -1.88. The first-order valence-electron chi connectivity index (χ1n) is 5.87. The van der Waals surface area contributed by atoms with E-state index in [1.807, 2.05) is 6.07 Å². The number of nitrogens with two attached hydrogens (primary N) is 1. The maximum Gasteiger partial charge on any atom is 0.266 e. The first kappa shape index (κ1) is 11.2. The zero-order chi connectivity index (χ0) is 12.5. The molecule has 2 aromatic heterocycles. The summed E-state index contributed by atoms with van der Waals surface area (Å²) in [4.78, 5) is 18.2. The molecule has 0 spiro atoms. The van der Waals surface area contributed by atoms with Crippen LogP contribution < -0.4 is 11.1 Å². The summed E-state index contributed by atoms with van der Waals surface area (Å²) in [7, 11) is 0. The van der Waals surface area contributed by atoms with Crippen LogP contribution in [-0.2, 0) is 12.8 Å². The topological polar surface area (TPSA) is 68.0 Å². The van der Waals surface area contributed by atoms with Gasteiger partial charge in [0.25, 0.3) is 5.91 Å². The van der Waals surface area contributed by atoms with Gasteiger partial charge in [-0.25, -0.2) is 4.98 Å². The van der Waals surface area contributed by atoms with E-state index >= 15 is 0 Å². The van der Waals surface area contributed by atoms with Gasteiger partial charge in [0.05, 0.1) is 10.6 Å². The van der Waals surface area contributed by atoms with E-state index in [0.717, 1.165) is 17.7 Å². The Morgan fingerprint density at radius 1 is 1.44 bits per heavy atom. The highest BCUT2D eigenvalue weighted by Gasteiger charge is 2.19. The molecule has 0 atom stereocenters. The third-order valence-electron chi connectivity index (χ3n) is 3.04. The Kier molecular flexibility index (Phi) is 2.76. The molecule has 0 saturated heterocycles. The first-order chi connectivity index (χ1) is 8.74. The molecule has 0 aliphatic heterocycles. The monoisotopic (exact) mass is 259 g/mol. The quantitative estimate of drug-likeness (QED) is 0.870. The zero-order valence-corrected chi connectivity index (χ0v) is 10.6. The Bertz CT molecular complexity index is 585. The molecular formula is C13H13N3OS. The number of amides is 1. The Morgan fingerprint density at radius 3 is 3.11 bits per heavy atom. The summed E-state index contributed by atoms with van der Waals surface area (Å²) in [6.45, 7) is 0. The molecule has 1 aliphatic carbocycles. The summed E-state index contributed by atoms with van der Waals surface area (Å²) in [5.74, 6) is 0.302. The summed E-state index contributed by atoms with van der Waals surface area (Å²) in [6, 6.07) is 5.45. The standard InChI is InChI=1S/C13H13N3OS/c14-9-4-2-6-15-12(9)16-13(17)11-7-8-3-1-5-10(8)18-11/h2,4,6-7H,1,3,5,14H2,(H,15,16,17). The summed E-state index contributed by atoms with van der Waals surface area (Å²) in [6.07, 6.45) is 5.00. The molecule has 3 rings (SSSR count). The Balaban J connectivity index is 1.81. The van der Waals surface area contributed by atoms with Crippen LogP contribution >= 0.6 is 11.3 Å². The fourth-order valence-corrected chi connectivity index (χ4v) is 3.28.